The Morgan fingerprint density at radius 1 is 1.48 bits per heavy atom. The van der Waals surface area contributed by atoms with Gasteiger partial charge in [-0.25, -0.2) is 9.48 Å². The summed E-state index contributed by atoms with van der Waals surface area (Å²) < 4.78 is 6.57. The molecular weight excluding hydrogens is 292 g/mol. The molecule has 0 aliphatic heterocycles. The van der Waals surface area contributed by atoms with Crippen molar-refractivity contribution in [2.75, 3.05) is 12.3 Å². The molecule has 112 valence electrons. The highest BCUT2D eigenvalue weighted by Crippen LogP contribution is 2.18. The summed E-state index contributed by atoms with van der Waals surface area (Å²) in [7, 11) is 0. The first-order chi connectivity index (χ1) is 10.0. The Kier molecular flexibility index (Phi) is 4.59. The minimum absolute atomic E-state index is 0.115. The number of carbonyl (C=O) groups is 2. The highest BCUT2D eigenvalue weighted by molar-refractivity contribution is 7.12. The van der Waals surface area contributed by atoms with E-state index in [1.54, 1.807) is 0 Å². The van der Waals surface area contributed by atoms with Crippen LogP contribution in [0.1, 0.15) is 32.5 Å². The van der Waals surface area contributed by atoms with E-state index >= 15 is 0 Å². The van der Waals surface area contributed by atoms with Gasteiger partial charge in [-0.05, 0) is 23.4 Å². The largest absolute Gasteiger partial charge is 0.460 e. The highest BCUT2D eigenvalue weighted by atomic mass is 32.1. The Labute approximate surface area is 125 Å². The van der Waals surface area contributed by atoms with E-state index in [-0.39, 0.29) is 30.5 Å². The molecule has 0 atom stereocenters. The summed E-state index contributed by atoms with van der Waals surface area (Å²) >= 11 is 1.36. The van der Waals surface area contributed by atoms with Gasteiger partial charge < -0.3 is 16.2 Å². The maximum atomic E-state index is 11.9. The molecule has 7 nitrogen and oxygen atoms in total. The third-order valence-corrected chi connectivity index (χ3v) is 3.93. The second-order valence-electron chi connectivity index (χ2n) is 4.30. The van der Waals surface area contributed by atoms with Gasteiger partial charge in [-0.15, -0.1) is 11.3 Å². The maximum Gasteiger partial charge on any atom is 0.348 e. The predicted octanol–water partition coefficient (Wildman–Crippen LogP) is 1.05. The summed E-state index contributed by atoms with van der Waals surface area (Å²) in [5.41, 5.74) is 12.0. The van der Waals surface area contributed by atoms with Crippen molar-refractivity contribution in [2.24, 2.45) is 5.73 Å². The van der Waals surface area contributed by atoms with E-state index in [0.717, 1.165) is 12.0 Å². The molecule has 1 amide bonds. The van der Waals surface area contributed by atoms with Gasteiger partial charge in [0.25, 0.3) is 5.91 Å². The summed E-state index contributed by atoms with van der Waals surface area (Å²) in [6, 6.07) is 1.91. The molecule has 2 aromatic rings. The lowest BCUT2D eigenvalue weighted by Crippen LogP contribution is -2.16. The summed E-state index contributed by atoms with van der Waals surface area (Å²) in [5.74, 6) is -0.825. The van der Waals surface area contributed by atoms with Gasteiger partial charge in [-0.3, -0.25) is 4.79 Å². The quantitative estimate of drug-likeness (QED) is 0.774. The number of primary amides is 1. The molecule has 2 rings (SSSR count). The van der Waals surface area contributed by atoms with Crippen LogP contribution in [0.5, 0.6) is 0 Å². The molecule has 0 aliphatic carbocycles. The van der Waals surface area contributed by atoms with Crippen LogP contribution in [-0.4, -0.2) is 28.3 Å². The molecule has 0 fully saturated rings. The summed E-state index contributed by atoms with van der Waals surface area (Å²) in [4.78, 5) is 23.6. The maximum absolute atomic E-state index is 11.9. The van der Waals surface area contributed by atoms with Crippen molar-refractivity contribution in [1.29, 1.82) is 0 Å². The van der Waals surface area contributed by atoms with Crippen LogP contribution in [0.2, 0.25) is 0 Å². The van der Waals surface area contributed by atoms with Crippen LogP contribution >= 0.6 is 11.3 Å². The Bertz CT molecular complexity index is 662. The molecule has 2 aromatic heterocycles. The minimum Gasteiger partial charge on any atom is -0.460 e. The number of amides is 1. The number of anilines is 1. The standard InChI is InChI=1S/C13H16N4O3S/c1-2-8-3-6-21-10(8)13(19)20-5-4-17-11(14)9(7-16-17)12(15)18/h3,6-7H,2,4-5,14H2,1H3,(H2,15,18). The monoisotopic (exact) mass is 308 g/mol. The third-order valence-electron chi connectivity index (χ3n) is 3.00. The van der Waals surface area contributed by atoms with Crippen molar-refractivity contribution in [3.8, 4) is 0 Å². The van der Waals surface area contributed by atoms with Crippen LogP contribution in [0.3, 0.4) is 0 Å². The fourth-order valence-electron chi connectivity index (χ4n) is 1.85. The van der Waals surface area contributed by atoms with Crippen LogP contribution in [-0.2, 0) is 17.7 Å². The molecule has 8 heteroatoms. The van der Waals surface area contributed by atoms with Gasteiger partial charge in [0.2, 0.25) is 0 Å². The zero-order valence-corrected chi connectivity index (χ0v) is 12.4. The predicted molar refractivity (Wildman–Crippen MR) is 79.1 cm³/mol. The molecule has 0 saturated carbocycles. The molecule has 21 heavy (non-hydrogen) atoms. The lowest BCUT2D eigenvalue weighted by Gasteiger charge is -2.06. The number of ether oxygens (including phenoxy) is 1. The number of hydrogen-bond donors (Lipinski definition) is 2. The third kappa shape index (κ3) is 3.22. The summed E-state index contributed by atoms with van der Waals surface area (Å²) in [6.07, 6.45) is 2.08. The number of carbonyl (C=O) groups excluding carboxylic acids is 2. The SMILES string of the molecule is CCc1ccsc1C(=O)OCCn1ncc(C(N)=O)c1N. The molecule has 0 unspecified atom stereocenters. The van der Waals surface area contributed by atoms with Gasteiger partial charge in [0.1, 0.15) is 22.9 Å². The number of hydrogen-bond acceptors (Lipinski definition) is 6. The first kappa shape index (κ1) is 15.0. The van der Waals surface area contributed by atoms with Crippen molar-refractivity contribution in [3.63, 3.8) is 0 Å². The Morgan fingerprint density at radius 3 is 2.86 bits per heavy atom. The van der Waals surface area contributed by atoms with Gasteiger partial charge in [0, 0.05) is 0 Å². The molecule has 0 bridgehead atoms. The number of rotatable bonds is 6. The number of thiophene rings is 1. The fourth-order valence-corrected chi connectivity index (χ4v) is 2.73. The number of nitrogens with zero attached hydrogens (tertiary/aromatic N) is 2. The molecule has 0 saturated heterocycles. The first-order valence-electron chi connectivity index (χ1n) is 6.39. The number of esters is 1. The summed E-state index contributed by atoms with van der Waals surface area (Å²) in [5, 5.41) is 5.79. The number of aromatic nitrogens is 2. The van der Waals surface area contributed by atoms with E-state index < -0.39 is 5.91 Å². The molecule has 0 radical (unpaired) electrons. The highest BCUT2D eigenvalue weighted by Gasteiger charge is 2.15. The van der Waals surface area contributed by atoms with E-state index in [9.17, 15) is 9.59 Å². The fraction of sp³-hybridized carbons (Fsp3) is 0.308. The van der Waals surface area contributed by atoms with E-state index in [4.69, 9.17) is 16.2 Å². The van der Waals surface area contributed by atoms with Crippen LogP contribution in [0.4, 0.5) is 5.82 Å². The van der Waals surface area contributed by atoms with E-state index in [1.807, 2.05) is 18.4 Å². The van der Waals surface area contributed by atoms with E-state index in [1.165, 1.54) is 22.2 Å². The van der Waals surface area contributed by atoms with Gasteiger partial charge in [0.05, 0.1) is 12.7 Å². The lowest BCUT2D eigenvalue weighted by molar-refractivity contribution is 0.0492. The topological polar surface area (TPSA) is 113 Å². The van der Waals surface area contributed by atoms with Gasteiger partial charge in [-0.2, -0.15) is 5.10 Å². The first-order valence-corrected chi connectivity index (χ1v) is 7.27. The van der Waals surface area contributed by atoms with Crippen molar-refractivity contribution in [3.05, 3.63) is 33.6 Å². The van der Waals surface area contributed by atoms with Gasteiger partial charge in [-0.1, -0.05) is 6.92 Å². The molecule has 4 N–H and O–H groups in total. The van der Waals surface area contributed by atoms with Crippen LogP contribution in [0.25, 0.3) is 0 Å². The van der Waals surface area contributed by atoms with Crippen LogP contribution in [0.15, 0.2) is 17.6 Å². The molecule has 0 aliphatic rings. The van der Waals surface area contributed by atoms with Crippen molar-refractivity contribution < 1.29 is 14.3 Å². The van der Waals surface area contributed by atoms with Crippen molar-refractivity contribution in [2.45, 2.75) is 19.9 Å². The van der Waals surface area contributed by atoms with Crippen molar-refractivity contribution in [1.82, 2.24) is 9.78 Å². The van der Waals surface area contributed by atoms with Crippen molar-refractivity contribution >= 4 is 29.0 Å². The lowest BCUT2D eigenvalue weighted by atomic mass is 10.2. The van der Waals surface area contributed by atoms with Gasteiger partial charge >= 0.3 is 5.97 Å². The molecular formula is C13H16N4O3S. The Balaban J connectivity index is 1.93. The van der Waals surface area contributed by atoms with E-state index in [0.29, 0.717) is 4.88 Å². The Morgan fingerprint density at radius 2 is 2.24 bits per heavy atom. The number of nitrogens with two attached hydrogens (primary N) is 2. The second kappa shape index (κ2) is 6.40. The van der Waals surface area contributed by atoms with Gasteiger partial charge in [0.15, 0.2) is 0 Å². The van der Waals surface area contributed by atoms with Crippen LogP contribution < -0.4 is 11.5 Å². The number of nitrogen functional groups attached to an aromatic ring is 1. The van der Waals surface area contributed by atoms with E-state index in [2.05, 4.69) is 5.10 Å². The van der Waals surface area contributed by atoms with Crippen LogP contribution in [0, 0.1) is 0 Å². The number of aryl methyl sites for hydroxylation is 1. The molecule has 2 heterocycles. The zero-order chi connectivity index (χ0) is 15.4. The normalized spacial score (nSPS) is 10.5. The average Bonchev–Trinajstić information content (AvgIpc) is 3.05. The zero-order valence-electron chi connectivity index (χ0n) is 11.5. The second-order valence-corrected chi connectivity index (χ2v) is 5.21. The molecule has 0 aromatic carbocycles. The average molecular weight is 308 g/mol. The smallest absolute Gasteiger partial charge is 0.348 e. The Hall–Kier alpha value is -2.35. The minimum atomic E-state index is -0.637. The molecule has 0 spiro atoms. The summed E-state index contributed by atoms with van der Waals surface area (Å²) in [6.45, 7) is 2.36.